The molecule has 0 aromatic rings. The second kappa shape index (κ2) is 4.81. The van der Waals surface area contributed by atoms with Crippen molar-refractivity contribution in [2.75, 3.05) is 19.7 Å². The molecule has 0 aromatic carbocycles. The van der Waals surface area contributed by atoms with E-state index in [0.717, 1.165) is 19.4 Å². The van der Waals surface area contributed by atoms with Gasteiger partial charge in [0.1, 0.15) is 0 Å². The molecule has 1 aliphatic heterocycles. The fraction of sp³-hybridized carbons (Fsp3) is 1.00. The highest BCUT2D eigenvalue weighted by Crippen LogP contribution is 2.19. The topological polar surface area (TPSA) is 21.3 Å². The van der Waals surface area contributed by atoms with Crippen molar-refractivity contribution in [3.8, 4) is 0 Å². The zero-order valence-electron chi connectivity index (χ0n) is 7.36. The number of piperidine rings is 1. The minimum atomic E-state index is -4.10. The average Bonchev–Trinajstić information content (AvgIpc) is 2.04. The molecule has 0 saturated carbocycles. The Morgan fingerprint density at radius 2 is 2.15 bits per heavy atom. The summed E-state index contributed by atoms with van der Waals surface area (Å²) in [5, 5.41) is 3.08. The van der Waals surface area contributed by atoms with Crippen LogP contribution in [0, 0.1) is 0 Å². The van der Waals surface area contributed by atoms with Gasteiger partial charge < -0.3 is 10.1 Å². The molecule has 1 heterocycles. The Kier molecular flexibility index (Phi) is 3.99. The number of hydrogen-bond acceptors (Lipinski definition) is 2. The Labute approximate surface area is 75.4 Å². The van der Waals surface area contributed by atoms with Crippen molar-refractivity contribution in [3.05, 3.63) is 0 Å². The van der Waals surface area contributed by atoms with Crippen molar-refractivity contribution < 1.29 is 17.9 Å². The molecule has 1 aliphatic rings. The first-order chi connectivity index (χ1) is 6.08. The van der Waals surface area contributed by atoms with Crippen LogP contribution in [0.15, 0.2) is 0 Å². The highest BCUT2D eigenvalue weighted by atomic mass is 19.4. The second-order valence-electron chi connectivity index (χ2n) is 3.20. The molecule has 78 valence electrons. The van der Waals surface area contributed by atoms with Crippen LogP contribution in [0.4, 0.5) is 13.2 Å². The van der Waals surface area contributed by atoms with E-state index < -0.39 is 12.6 Å². The molecule has 1 unspecified atom stereocenters. The highest BCUT2D eigenvalue weighted by Gasteiger charge is 2.27. The molecule has 0 radical (unpaired) electrons. The summed E-state index contributed by atoms with van der Waals surface area (Å²) in [5.74, 6) is 0. The van der Waals surface area contributed by atoms with Gasteiger partial charge in [-0.1, -0.05) is 0 Å². The lowest BCUT2D eigenvalue weighted by atomic mass is 10.1. The van der Waals surface area contributed by atoms with E-state index in [9.17, 15) is 13.2 Å². The molecule has 0 aromatic heterocycles. The van der Waals surface area contributed by atoms with E-state index in [0.29, 0.717) is 6.54 Å². The molecule has 1 rings (SSSR count). The van der Waals surface area contributed by atoms with E-state index in [-0.39, 0.29) is 12.7 Å². The molecule has 5 heteroatoms. The molecule has 1 atom stereocenters. The maximum atomic E-state index is 11.7. The third-order valence-corrected chi connectivity index (χ3v) is 1.99. The Balaban J connectivity index is 2.04. The summed E-state index contributed by atoms with van der Waals surface area (Å²) < 4.78 is 40.2. The van der Waals surface area contributed by atoms with Gasteiger partial charge in [-0.25, -0.2) is 0 Å². The molecule has 1 fully saturated rings. The number of halogens is 3. The summed E-state index contributed by atoms with van der Waals surface area (Å²) in [7, 11) is 0. The highest BCUT2D eigenvalue weighted by molar-refractivity contribution is 4.68. The minimum absolute atomic E-state index is 0.0314. The normalized spacial score (nSPS) is 24.7. The Morgan fingerprint density at radius 3 is 2.69 bits per heavy atom. The van der Waals surface area contributed by atoms with Crippen molar-refractivity contribution in [2.45, 2.75) is 31.5 Å². The summed E-state index contributed by atoms with van der Waals surface area (Å²) in [4.78, 5) is 0. The van der Waals surface area contributed by atoms with Gasteiger partial charge in [0.05, 0.1) is 19.1 Å². The summed E-state index contributed by atoms with van der Waals surface area (Å²) in [6, 6.07) is 0. The van der Waals surface area contributed by atoms with Gasteiger partial charge in [-0.05, 0) is 19.4 Å². The quantitative estimate of drug-likeness (QED) is 0.743. The predicted octanol–water partition coefficient (Wildman–Crippen LogP) is 1.71. The van der Waals surface area contributed by atoms with Crippen LogP contribution in [-0.4, -0.2) is 32.0 Å². The predicted molar refractivity (Wildman–Crippen MR) is 42.5 cm³/mol. The SMILES string of the molecule is FC(F)(F)CCOC1CCCNC1. The molecule has 0 bridgehead atoms. The Morgan fingerprint density at radius 1 is 1.38 bits per heavy atom. The number of rotatable bonds is 3. The van der Waals surface area contributed by atoms with E-state index in [2.05, 4.69) is 5.32 Å². The van der Waals surface area contributed by atoms with Crippen molar-refractivity contribution in [3.63, 3.8) is 0 Å². The molecule has 0 spiro atoms. The zero-order valence-corrected chi connectivity index (χ0v) is 7.36. The van der Waals surface area contributed by atoms with Gasteiger partial charge in [0.15, 0.2) is 0 Å². The largest absolute Gasteiger partial charge is 0.391 e. The first-order valence-corrected chi connectivity index (χ1v) is 4.47. The Hall–Kier alpha value is -0.290. The molecule has 1 N–H and O–H groups in total. The molecule has 0 amide bonds. The standard InChI is InChI=1S/C8H14F3NO/c9-8(10,11)3-5-13-7-2-1-4-12-6-7/h7,12H,1-6H2. The van der Waals surface area contributed by atoms with Crippen molar-refractivity contribution >= 4 is 0 Å². The van der Waals surface area contributed by atoms with Crippen LogP contribution in [0.25, 0.3) is 0 Å². The Bertz CT molecular complexity index is 143. The van der Waals surface area contributed by atoms with Gasteiger partial charge in [-0.2, -0.15) is 13.2 Å². The van der Waals surface area contributed by atoms with Gasteiger partial charge in [0, 0.05) is 6.54 Å². The number of alkyl halides is 3. The molecule has 13 heavy (non-hydrogen) atoms. The van der Waals surface area contributed by atoms with E-state index in [1.165, 1.54) is 0 Å². The van der Waals surface area contributed by atoms with Crippen LogP contribution in [0.3, 0.4) is 0 Å². The maximum Gasteiger partial charge on any atom is 0.391 e. The first kappa shape index (κ1) is 10.8. The van der Waals surface area contributed by atoms with Crippen molar-refractivity contribution in [2.24, 2.45) is 0 Å². The minimum Gasteiger partial charge on any atom is -0.377 e. The summed E-state index contributed by atoms with van der Waals surface area (Å²) >= 11 is 0. The smallest absolute Gasteiger partial charge is 0.377 e. The van der Waals surface area contributed by atoms with Gasteiger partial charge in [-0.15, -0.1) is 0 Å². The zero-order chi connectivity index (χ0) is 9.73. The van der Waals surface area contributed by atoms with E-state index in [4.69, 9.17) is 4.74 Å². The van der Waals surface area contributed by atoms with Gasteiger partial charge >= 0.3 is 6.18 Å². The first-order valence-electron chi connectivity index (χ1n) is 4.47. The lowest BCUT2D eigenvalue weighted by Gasteiger charge is -2.23. The van der Waals surface area contributed by atoms with Gasteiger partial charge in [-0.3, -0.25) is 0 Å². The van der Waals surface area contributed by atoms with Crippen LogP contribution in [0.1, 0.15) is 19.3 Å². The van der Waals surface area contributed by atoms with Crippen molar-refractivity contribution in [1.82, 2.24) is 5.32 Å². The molecule has 0 aliphatic carbocycles. The number of ether oxygens (including phenoxy) is 1. The molecule has 1 saturated heterocycles. The third-order valence-electron chi connectivity index (χ3n) is 1.99. The van der Waals surface area contributed by atoms with Gasteiger partial charge in [0.2, 0.25) is 0 Å². The summed E-state index contributed by atoms with van der Waals surface area (Å²) in [5.41, 5.74) is 0. The van der Waals surface area contributed by atoms with Crippen LogP contribution in [0.5, 0.6) is 0 Å². The van der Waals surface area contributed by atoms with E-state index >= 15 is 0 Å². The monoisotopic (exact) mass is 197 g/mol. The number of nitrogens with one attached hydrogen (secondary N) is 1. The van der Waals surface area contributed by atoms with E-state index in [1.807, 2.05) is 0 Å². The summed E-state index contributed by atoms with van der Waals surface area (Å²) in [6.07, 6.45) is -3.12. The van der Waals surface area contributed by atoms with Crippen molar-refractivity contribution in [1.29, 1.82) is 0 Å². The fourth-order valence-corrected chi connectivity index (χ4v) is 1.30. The average molecular weight is 197 g/mol. The molecular weight excluding hydrogens is 183 g/mol. The van der Waals surface area contributed by atoms with Crippen LogP contribution < -0.4 is 5.32 Å². The van der Waals surface area contributed by atoms with E-state index in [1.54, 1.807) is 0 Å². The van der Waals surface area contributed by atoms with Gasteiger partial charge in [0.25, 0.3) is 0 Å². The number of hydrogen-bond donors (Lipinski definition) is 1. The molecular formula is C8H14F3NO. The fourth-order valence-electron chi connectivity index (χ4n) is 1.30. The lowest BCUT2D eigenvalue weighted by Crippen LogP contribution is -2.35. The third kappa shape index (κ3) is 5.10. The van der Waals surface area contributed by atoms with Crippen LogP contribution in [-0.2, 0) is 4.74 Å². The summed E-state index contributed by atoms with van der Waals surface area (Å²) in [6.45, 7) is 1.41. The second-order valence-corrected chi connectivity index (χ2v) is 3.20. The van der Waals surface area contributed by atoms with Crippen LogP contribution >= 0.6 is 0 Å². The lowest BCUT2D eigenvalue weighted by molar-refractivity contribution is -0.149. The molecule has 2 nitrogen and oxygen atoms in total. The maximum absolute atomic E-state index is 11.7. The van der Waals surface area contributed by atoms with Crippen LogP contribution in [0.2, 0.25) is 0 Å².